The van der Waals surface area contributed by atoms with Gasteiger partial charge in [-0.2, -0.15) is 5.10 Å². The van der Waals surface area contributed by atoms with Crippen LogP contribution in [0.15, 0.2) is 18.5 Å². The molecule has 0 saturated carbocycles. The lowest BCUT2D eigenvalue weighted by Crippen LogP contribution is -2.12. The van der Waals surface area contributed by atoms with Crippen LogP contribution in [0.4, 0.5) is 5.69 Å². The largest absolute Gasteiger partial charge is 0.478 e. The number of aromatic carboxylic acids is 1. The number of pyridine rings is 1. The van der Waals surface area contributed by atoms with Crippen molar-refractivity contribution >= 4 is 11.7 Å². The van der Waals surface area contributed by atoms with Gasteiger partial charge in [-0.3, -0.25) is 9.67 Å². The number of carboxylic acids is 1. The molecular weight excluding hydrogens is 256 g/mol. The van der Waals surface area contributed by atoms with Crippen LogP contribution in [0.1, 0.15) is 27.3 Å². The fourth-order valence-corrected chi connectivity index (χ4v) is 2.18. The smallest absolute Gasteiger partial charge is 0.339 e. The third-order valence-electron chi connectivity index (χ3n) is 3.03. The first-order valence-corrected chi connectivity index (χ1v) is 6.40. The van der Waals surface area contributed by atoms with Crippen LogP contribution in [0, 0.1) is 13.8 Å². The summed E-state index contributed by atoms with van der Waals surface area (Å²) in [5.74, 6) is -0.959. The number of carboxylic acid groups (broad SMARTS) is 1. The first-order valence-electron chi connectivity index (χ1n) is 6.40. The number of hydrogen-bond donors (Lipinski definition) is 2. The monoisotopic (exact) mass is 274 g/mol. The van der Waals surface area contributed by atoms with Gasteiger partial charge in [-0.1, -0.05) is 0 Å². The van der Waals surface area contributed by atoms with Crippen LogP contribution in [-0.4, -0.2) is 32.4 Å². The van der Waals surface area contributed by atoms with Gasteiger partial charge in [0.15, 0.2) is 0 Å². The number of anilines is 1. The average Bonchev–Trinajstić information content (AvgIpc) is 2.73. The van der Waals surface area contributed by atoms with Crippen LogP contribution >= 0.6 is 0 Å². The van der Waals surface area contributed by atoms with Crippen molar-refractivity contribution in [2.45, 2.75) is 20.3 Å². The lowest BCUT2D eigenvalue weighted by atomic mass is 10.1. The van der Waals surface area contributed by atoms with Gasteiger partial charge in [0.1, 0.15) is 5.56 Å². The molecule has 0 saturated heterocycles. The lowest BCUT2D eigenvalue weighted by Gasteiger charge is -2.12. The average molecular weight is 274 g/mol. The van der Waals surface area contributed by atoms with E-state index in [0.29, 0.717) is 17.9 Å². The predicted octanol–water partition coefficient (Wildman–Crippen LogP) is 1.78. The second kappa shape index (κ2) is 5.73. The Morgan fingerprint density at radius 3 is 2.80 bits per heavy atom. The summed E-state index contributed by atoms with van der Waals surface area (Å²) in [5, 5.41) is 16.5. The normalized spacial score (nSPS) is 10.6. The predicted molar refractivity (Wildman–Crippen MR) is 76.1 cm³/mol. The van der Waals surface area contributed by atoms with Crippen LogP contribution in [-0.2, 0) is 13.5 Å². The van der Waals surface area contributed by atoms with E-state index in [9.17, 15) is 9.90 Å². The molecule has 6 heteroatoms. The highest BCUT2D eigenvalue weighted by molar-refractivity contribution is 5.95. The van der Waals surface area contributed by atoms with Gasteiger partial charge in [0.2, 0.25) is 0 Å². The second-order valence-corrected chi connectivity index (χ2v) is 4.78. The molecule has 2 heterocycles. The number of nitrogens with zero attached hydrogens (tertiary/aromatic N) is 3. The van der Waals surface area contributed by atoms with Crippen molar-refractivity contribution in [1.29, 1.82) is 0 Å². The minimum absolute atomic E-state index is 0.238. The summed E-state index contributed by atoms with van der Waals surface area (Å²) < 4.78 is 1.75. The van der Waals surface area contributed by atoms with Crippen LogP contribution in [0.5, 0.6) is 0 Å². The molecule has 2 aromatic heterocycles. The van der Waals surface area contributed by atoms with Gasteiger partial charge in [0.25, 0.3) is 0 Å². The van der Waals surface area contributed by atoms with E-state index in [1.807, 2.05) is 26.4 Å². The van der Waals surface area contributed by atoms with E-state index in [1.54, 1.807) is 17.7 Å². The van der Waals surface area contributed by atoms with Gasteiger partial charge in [0, 0.05) is 25.5 Å². The highest BCUT2D eigenvalue weighted by Crippen LogP contribution is 2.19. The molecule has 20 heavy (non-hydrogen) atoms. The summed E-state index contributed by atoms with van der Waals surface area (Å²) in [6.07, 6.45) is 4.54. The molecule has 0 aliphatic heterocycles. The number of nitrogens with one attached hydrogen (secondary N) is 1. The van der Waals surface area contributed by atoms with Crippen LogP contribution in [0.2, 0.25) is 0 Å². The first-order chi connectivity index (χ1) is 9.47. The minimum Gasteiger partial charge on any atom is -0.478 e. The number of aromatic nitrogens is 3. The fourth-order valence-electron chi connectivity index (χ4n) is 2.18. The zero-order valence-corrected chi connectivity index (χ0v) is 11.8. The van der Waals surface area contributed by atoms with Crippen LogP contribution in [0.25, 0.3) is 0 Å². The molecule has 0 aliphatic carbocycles. The van der Waals surface area contributed by atoms with Crippen molar-refractivity contribution < 1.29 is 9.90 Å². The highest BCUT2D eigenvalue weighted by Gasteiger charge is 2.15. The van der Waals surface area contributed by atoms with Crippen molar-refractivity contribution in [3.8, 4) is 0 Å². The maximum atomic E-state index is 11.3. The second-order valence-electron chi connectivity index (χ2n) is 4.78. The summed E-state index contributed by atoms with van der Waals surface area (Å²) in [5.41, 5.74) is 3.30. The van der Waals surface area contributed by atoms with E-state index in [1.165, 1.54) is 0 Å². The Bertz CT molecular complexity index is 634. The highest BCUT2D eigenvalue weighted by atomic mass is 16.4. The van der Waals surface area contributed by atoms with Crippen molar-refractivity contribution in [3.63, 3.8) is 0 Å². The molecule has 0 atom stereocenters. The number of carbonyl (C=O) groups is 1. The Kier molecular flexibility index (Phi) is 4.02. The van der Waals surface area contributed by atoms with Crippen LogP contribution in [0.3, 0.4) is 0 Å². The molecule has 2 aromatic rings. The number of hydrogen-bond acceptors (Lipinski definition) is 4. The Hall–Kier alpha value is -2.37. The van der Waals surface area contributed by atoms with Gasteiger partial charge >= 0.3 is 5.97 Å². The molecule has 0 amide bonds. The summed E-state index contributed by atoms with van der Waals surface area (Å²) >= 11 is 0. The Labute approximate surface area is 117 Å². The molecule has 0 fully saturated rings. The Morgan fingerprint density at radius 1 is 1.45 bits per heavy atom. The number of aryl methyl sites for hydroxylation is 3. The molecule has 2 N–H and O–H groups in total. The van der Waals surface area contributed by atoms with Gasteiger partial charge in [0.05, 0.1) is 17.6 Å². The van der Waals surface area contributed by atoms with Crippen molar-refractivity contribution in [2.24, 2.45) is 7.05 Å². The summed E-state index contributed by atoms with van der Waals surface area (Å²) in [6, 6.07) is 1.76. The molecular formula is C14H18N4O2. The van der Waals surface area contributed by atoms with E-state index in [2.05, 4.69) is 15.4 Å². The van der Waals surface area contributed by atoms with Crippen molar-refractivity contribution in [2.75, 3.05) is 11.9 Å². The standard InChI is InChI=1S/C14H18N4O2/c1-9-6-12(13(14(19)20)10(2)17-9)15-5-4-11-7-16-18(3)8-11/h6-8H,4-5H2,1-3H3,(H,15,17)(H,19,20). The Morgan fingerprint density at radius 2 is 2.20 bits per heavy atom. The lowest BCUT2D eigenvalue weighted by molar-refractivity contribution is 0.0696. The van der Waals surface area contributed by atoms with Crippen LogP contribution < -0.4 is 5.32 Å². The molecule has 0 bridgehead atoms. The maximum Gasteiger partial charge on any atom is 0.339 e. The van der Waals surface area contributed by atoms with Gasteiger partial charge < -0.3 is 10.4 Å². The zero-order valence-electron chi connectivity index (χ0n) is 11.8. The minimum atomic E-state index is -0.959. The van der Waals surface area contributed by atoms with Crippen molar-refractivity contribution in [1.82, 2.24) is 14.8 Å². The summed E-state index contributed by atoms with van der Waals surface area (Å²) in [6.45, 7) is 4.21. The van der Waals surface area contributed by atoms with Gasteiger partial charge in [-0.25, -0.2) is 4.79 Å². The zero-order chi connectivity index (χ0) is 14.7. The molecule has 0 aliphatic rings. The topological polar surface area (TPSA) is 80.0 Å². The number of rotatable bonds is 5. The van der Waals surface area contributed by atoms with E-state index in [0.717, 1.165) is 17.7 Å². The molecule has 0 aromatic carbocycles. The molecule has 0 radical (unpaired) electrons. The van der Waals surface area contributed by atoms with E-state index in [4.69, 9.17) is 0 Å². The fraction of sp³-hybridized carbons (Fsp3) is 0.357. The molecule has 6 nitrogen and oxygen atoms in total. The van der Waals surface area contributed by atoms with E-state index < -0.39 is 5.97 Å². The van der Waals surface area contributed by atoms with Gasteiger partial charge in [-0.05, 0) is 31.9 Å². The molecule has 2 rings (SSSR count). The van der Waals surface area contributed by atoms with E-state index >= 15 is 0 Å². The molecule has 0 spiro atoms. The maximum absolute atomic E-state index is 11.3. The Balaban J connectivity index is 2.10. The molecule has 106 valence electrons. The van der Waals surface area contributed by atoms with E-state index in [-0.39, 0.29) is 5.56 Å². The van der Waals surface area contributed by atoms with Gasteiger partial charge in [-0.15, -0.1) is 0 Å². The summed E-state index contributed by atoms with van der Waals surface area (Å²) in [7, 11) is 1.87. The summed E-state index contributed by atoms with van der Waals surface area (Å²) in [4.78, 5) is 15.5. The SMILES string of the molecule is Cc1cc(NCCc2cnn(C)c2)c(C(=O)O)c(C)n1. The quantitative estimate of drug-likeness (QED) is 0.868. The van der Waals surface area contributed by atoms with Crippen molar-refractivity contribution in [3.05, 3.63) is 41.0 Å². The molecule has 0 unspecified atom stereocenters. The third kappa shape index (κ3) is 3.14. The first kappa shape index (κ1) is 14.0. The third-order valence-corrected chi connectivity index (χ3v) is 3.03.